The van der Waals surface area contributed by atoms with Crippen molar-refractivity contribution in [2.24, 2.45) is 5.92 Å². The van der Waals surface area contributed by atoms with Crippen LogP contribution in [0, 0.1) is 5.92 Å². The molecular formula is C13H24N2O2. The summed E-state index contributed by atoms with van der Waals surface area (Å²) in [5.41, 5.74) is 0. The van der Waals surface area contributed by atoms with E-state index in [1.54, 1.807) is 0 Å². The van der Waals surface area contributed by atoms with Crippen LogP contribution in [0.4, 0.5) is 0 Å². The van der Waals surface area contributed by atoms with Crippen molar-refractivity contribution in [3.63, 3.8) is 0 Å². The lowest BCUT2D eigenvalue weighted by molar-refractivity contribution is -0.141. The fourth-order valence-electron chi connectivity index (χ4n) is 2.72. The third-order valence-corrected chi connectivity index (χ3v) is 3.86. The van der Waals surface area contributed by atoms with Gasteiger partial charge in [0.05, 0.1) is 19.1 Å². The van der Waals surface area contributed by atoms with Crippen molar-refractivity contribution in [2.75, 3.05) is 39.4 Å². The quantitative estimate of drug-likeness (QED) is 0.721. The van der Waals surface area contributed by atoms with Gasteiger partial charge in [0.2, 0.25) is 5.91 Å². The van der Waals surface area contributed by atoms with E-state index in [4.69, 9.17) is 4.74 Å². The molecule has 98 valence electrons. The van der Waals surface area contributed by atoms with Crippen LogP contribution in [0.5, 0.6) is 0 Å². The van der Waals surface area contributed by atoms with Crippen molar-refractivity contribution in [1.29, 1.82) is 0 Å². The van der Waals surface area contributed by atoms with Crippen molar-refractivity contribution in [3.05, 3.63) is 0 Å². The molecule has 1 atom stereocenters. The van der Waals surface area contributed by atoms with Gasteiger partial charge in [-0.25, -0.2) is 0 Å². The fraction of sp³-hybridized carbons (Fsp3) is 0.923. The normalized spacial score (nSPS) is 27.5. The third-order valence-electron chi connectivity index (χ3n) is 3.86. The van der Waals surface area contributed by atoms with E-state index in [1.165, 1.54) is 0 Å². The molecule has 0 aromatic heterocycles. The largest absolute Gasteiger partial charge is 0.378 e. The molecule has 2 fully saturated rings. The number of rotatable bonds is 2. The molecule has 0 aromatic carbocycles. The van der Waals surface area contributed by atoms with E-state index in [0.717, 1.165) is 39.0 Å². The van der Waals surface area contributed by atoms with Gasteiger partial charge in [-0.3, -0.25) is 4.79 Å². The van der Waals surface area contributed by atoms with Crippen LogP contribution in [0.2, 0.25) is 0 Å². The molecule has 2 aliphatic heterocycles. The zero-order chi connectivity index (χ0) is 12.3. The summed E-state index contributed by atoms with van der Waals surface area (Å²) in [4.78, 5) is 16.8. The highest BCUT2D eigenvalue weighted by atomic mass is 16.5. The van der Waals surface area contributed by atoms with Crippen molar-refractivity contribution >= 4 is 5.91 Å². The summed E-state index contributed by atoms with van der Waals surface area (Å²) < 4.78 is 5.29. The Balaban J connectivity index is 1.89. The van der Waals surface area contributed by atoms with Gasteiger partial charge in [-0.15, -0.1) is 0 Å². The molecule has 1 amide bonds. The summed E-state index contributed by atoms with van der Waals surface area (Å²) in [5, 5.41) is 0. The molecule has 0 bridgehead atoms. The van der Waals surface area contributed by atoms with Gasteiger partial charge < -0.3 is 14.5 Å². The standard InChI is InChI=1S/C13H24N2O2/c1-11(2)15-5-3-4-12(10-15)13(16)14-6-8-17-9-7-14/h11-12H,3-10H2,1-2H3. The molecule has 0 aromatic rings. The maximum atomic E-state index is 12.4. The van der Waals surface area contributed by atoms with Gasteiger partial charge >= 0.3 is 0 Å². The van der Waals surface area contributed by atoms with Gasteiger partial charge in [-0.2, -0.15) is 0 Å². The predicted molar refractivity (Wildman–Crippen MR) is 66.8 cm³/mol. The Morgan fingerprint density at radius 2 is 1.94 bits per heavy atom. The minimum Gasteiger partial charge on any atom is -0.378 e. The summed E-state index contributed by atoms with van der Waals surface area (Å²) in [5.74, 6) is 0.558. The molecule has 2 rings (SSSR count). The molecule has 0 N–H and O–H groups in total. The summed E-state index contributed by atoms with van der Waals surface area (Å²) in [6.07, 6.45) is 2.21. The summed E-state index contributed by atoms with van der Waals surface area (Å²) in [6, 6.07) is 0.551. The average molecular weight is 240 g/mol. The molecule has 0 saturated carbocycles. The molecule has 0 aliphatic carbocycles. The maximum absolute atomic E-state index is 12.4. The first kappa shape index (κ1) is 12.8. The summed E-state index contributed by atoms with van der Waals surface area (Å²) >= 11 is 0. The number of carbonyl (C=O) groups is 1. The summed E-state index contributed by atoms with van der Waals surface area (Å²) in [7, 11) is 0. The monoisotopic (exact) mass is 240 g/mol. The molecule has 0 radical (unpaired) electrons. The number of carbonyl (C=O) groups excluding carboxylic acids is 1. The number of nitrogens with zero attached hydrogens (tertiary/aromatic N) is 2. The number of amides is 1. The average Bonchev–Trinajstić information content (AvgIpc) is 2.39. The van der Waals surface area contributed by atoms with Crippen LogP contribution < -0.4 is 0 Å². The van der Waals surface area contributed by atoms with Crippen LogP contribution in [-0.2, 0) is 9.53 Å². The first-order chi connectivity index (χ1) is 8.18. The van der Waals surface area contributed by atoms with Gasteiger partial charge in [-0.1, -0.05) is 0 Å². The van der Waals surface area contributed by atoms with Crippen molar-refractivity contribution in [1.82, 2.24) is 9.80 Å². The number of morpholine rings is 1. The van der Waals surface area contributed by atoms with E-state index in [9.17, 15) is 4.79 Å². The molecular weight excluding hydrogens is 216 g/mol. The maximum Gasteiger partial charge on any atom is 0.227 e. The zero-order valence-electron chi connectivity index (χ0n) is 11.0. The number of hydrogen-bond donors (Lipinski definition) is 0. The zero-order valence-corrected chi connectivity index (χ0v) is 11.0. The topological polar surface area (TPSA) is 32.8 Å². The Bertz CT molecular complexity index is 262. The number of likely N-dealkylation sites (tertiary alicyclic amines) is 1. The molecule has 4 nitrogen and oxygen atoms in total. The van der Waals surface area contributed by atoms with Crippen LogP contribution in [0.1, 0.15) is 26.7 Å². The highest BCUT2D eigenvalue weighted by Gasteiger charge is 2.30. The van der Waals surface area contributed by atoms with Gasteiger partial charge in [-0.05, 0) is 33.2 Å². The van der Waals surface area contributed by atoms with Crippen LogP contribution >= 0.6 is 0 Å². The number of piperidine rings is 1. The van der Waals surface area contributed by atoms with Crippen molar-refractivity contribution in [2.45, 2.75) is 32.7 Å². The van der Waals surface area contributed by atoms with E-state index in [0.29, 0.717) is 25.2 Å². The highest BCUT2D eigenvalue weighted by Crippen LogP contribution is 2.20. The second kappa shape index (κ2) is 5.83. The van der Waals surface area contributed by atoms with E-state index in [-0.39, 0.29) is 5.92 Å². The molecule has 4 heteroatoms. The third kappa shape index (κ3) is 3.19. The van der Waals surface area contributed by atoms with Gasteiger partial charge in [0.1, 0.15) is 0 Å². The number of ether oxygens (including phenoxy) is 1. The smallest absolute Gasteiger partial charge is 0.227 e. The molecule has 2 saturated heterocycles. The fourth-order valence-corrected chi connectivity index (χ4v) is 2.72. The van der Waals surface area contributed by atoms with Crippen LogP contribution in [-0.4, -0.2) is 61.1 Å². The first-order valence-electron chi connectivity index (χ1n) is 6.79. The molecule has 17 heavy (non-hydrogen) atoms. The molecule has 2 heterocycles. The van der Waals surface area contributed by atoms with Crippen molar-refractivity contribution in [3.8, 4) is 0 Å². The lowest BCUT2D eigenvalue weighted by Crippen LogP contribution is -2.49. The van der Waals surface area contributed by atoms with E-state index < -0.39 is 0 Å². The lowest BCUT2D eigenvalue weighted by Gasteiger charge is -2.37. The Morgan fingerprint density at radius 3 is 2.59 bits per heavy atom. The van der Waals surface area contributed by atoms with Crippen LogP contribution in [0.25, 0.3) is 0 Å². The Kier molecular flexibility index (Phi) is 4.40. The Morgan fingerprint density at radius 1 is 1.24 bits per heavy atom. The minimum absolute atomic E-state index is 0.212. The van der Waals surface area contributed by atoms with Gasteiger partial charge in [0.25, 0.3) is 0 Å². The molecule has 0 spiro atoms. The molecule has 2 aliphatic rings. The second-order valence-electron chi connectivity index (χ2n) is 5.37. The van der Waals surface area contributed by atoms with Gasteiger partial charge in [0, 0.05) is 25.7 Å². The lowest BCUT2D eigenvalue weighted by atomic mass is 9.95. The van der Waals surface area contributed by atoms with Gasteiger partial charge in [0.15, 0.2) is 0 Å². The van der Waals surface area contributed by atoms with E-state index in [1.807, 2.05) is 4.90 Å². The van der Waals surface area contributed by atoms with E-state index in [2.05, 4.69) is 18.7 Å². The summed E-state index contributed by atoms with van der Waals surface area (Å²) in [6.45, 7) is 9.45. The number of hydrogen-bond acceptors (Lipinski definition) is 3. The first-order valence-corrected chi connectivity index (χ1v) is 6.79. The predicted octanol–water partition coefficient (Wildman–Crippen LogP) is 0.966. The molecule has 1 unspecified atom stereocenters. The minimum atomic E-state index is 0.212. The second-order valence-corrected chi connectivity index (χ2v) is 5.37. The highest BCUT2D eigenvalue weighted by molar-refractivity contribution is 5.79. The van der Waals surface area contributed by atoms with E-state index >= 15 is 0 Å². The Hall–Kier alpha value is -0.610. The van der Waals surface area contributed by atoms with Crippen LogP contribution in [0.3, 0.4) is 0 Å². The SMILES string of the molecule is CC(C)N1CCCC(C(=O)N2CCOCC2)C1. The Labute approximate surface area is 104 Å². The van der Waals surface area contributed by atoms with Crippen LogP contribution in [0.15, 0.2) is 0 Å². The van der Waals surface area contributed by atoms with Crippen molar-refractivity contribution < 1.29 is 9.53 Å².